The Labute approximate surface area is 215 Å². The number of hydrogen-bond donors (Lipinski definition) is 0. The molecule has 2 fully saturated rings. The molecule has 0 unspecified atom stereocenters. The fraction of sp³-hybridized carbons (Fsp3) is 0.480. The summed E-state index contributed by atoms with van der Waals surface area (Å²) in [5.74, 6) is 1.79. The van der Waals surface area contributed by atoms with E-state index in [1.807, 2.05) is 0 Å². The van der Waals surface area contributed by atoms with Crippen molar-refractivity contribution in [2.75, 3.05) is 52.5 Å². The van der Waals surface area contributed by atoms with E-state index in [1.54, 1.807) is 0 Å². The first-order valence-corrected chi connectivity index (χ1v) is 11.4. The normalized spacial score (nSPS) is 16.2. The molecule has 2 saturated heterocycles. The summed E-state index contributed by atoms with van der Waals surface area (Å²) in [4.78, 5) is 9.83. The summed E-state index contributed by atoms with van der Waals surface area (Å²) in [5.41, 5.74) is 1.94. The van der Waals surface area contributed by atoms with Crippen molar-refractivity contribution in [2.45, 2.75) is 25.7 Å². The van der Waals surface area contributed by atoms with Gasteiger partial charge in [0.05, 0.1) is 11.0 Å². The van der Waals surface area contributed by atoms with E-state index in [0.29, 0.717) is 0 Å². The zero-order valence-electron chi connectivity index (χ0n) is 18.9. The predicted molar refractivity (Wildman–Crippen MR) is 143 cm³/mol. The van der Waals surface area contributed by atoms with Crippen molar-refractivity contribution >= 4 is 59.0 Å². The van der Waals surface area contributed by atoms with Gasteiger partial charge >= 0.3 is 0 Å². The molecule has 0 saturated carbocycles. The highest BCUT2D eigenvalue weighted by Gasteiger charge is 2.12. The first kappa shape index (κ1) is 27.7. The lowest BCUT2D eigenvalue weighted by Crippen LogP contribution is -2.25. The third kappa shape index (κ3) is 7.24. The number of hydrogen-bond acceptors (Lipinski definition) is 5. The molecule has 0 aliphatic carbocycles. The second-order valence-corrected chi connectivity index (χ2v) is 8.49. The van der Waals surface area contributed by atoms with Crippen LogP contribution in [0.4, 0.5) is 0 Å². The highest BCUT2D eigenvalue weighted by Crippen LogP contribution is 2.26. The Morgan fingerprint density at radius 3 is 1.45 bits per heavy atom. The van der Waals surface area contributed by atoms with E-state index in [2.05, 4.69) is 52.3 Å². The zero-order valence-corrected chi connectivity index (χ0v) is 21.4. The highest BCUT2D eigenvalue weighted by atomic mass is 35.5. The summed E-state index contributed by atoms with van der Waals surface area (Å²) < 4.78 is 12.0. The lowest BCUT2D eigenvalue weighted by atomic mass is 10.1. The number of benzene rings is 2. The molecule has 33 heavy (non-hydrogen) atoms. The van der Waals surface area contributed by atoms with Crippen LogP contribution in [0.2, 0.25) is 0 Å². The molecule has 8 heteroatoms. The van der Waals surface area contributed by atoms with Gasteiger partial charge in [0, 0.05) is 36.0 Å². The van der Waals surface area contributed by atoms with Gasteiger partial charge in [-0.25, -0.2) is 4.98 Å². The van der Waals surface area contributed by atoms with Gasteiger partial charge in [-0.2, -0.15) is 0 Å². The minimum Gasteiger partial charge on any atom is -0.492 e. The van der Waals surface area contributed by atoms with E-state index in [-0.39, 0.29) is 37.2 Å². The molecule has 5 nitrogen and oxygen atoms in total. The number of ether oxygens (including phenoxy) is 2. The Morgan fingerprint density at radius 1 is 0.606 bits per heavy atom. The number of pyridine rings is 1. The summed E-state index contributed by atoms with van der Waals surface area (Å²) in [6.07, 6.45) is 5.27. The van der Waals surface area contributed by atoms with Crippen molar-refractivity contribution in [3.8, 4) is 11.5 Å². The van der Waals surface area contributed by atoms with Gasteiger partial charge in [0.15, 0.2) is 0 Å². The highest BCUT2D eigenvalue weighted by molar-refractivity contribution is 5.93. The predicted octanol–water partition coefficient (Wildman–Crippen LogP) is 5.60. The van der Waals surface area contributed by atoms with Gasteiger partial charge in [-0.05, 0) is 82.2 Å². The number of fused-ring (bicyclic) bond motifs is 2. The van der Waals surface area contributed by atoms with E-state index >= 15 is 0 Å². The molecule has 5 rings (SSSR count). The van der Waals surface area contributed by atoms with Crippen LogP contribution in [0.5, 0.6) is 11.5 Å². The first-order valence-electron chi connectivity index (χ1n) is 11.4. The summed E-state index contributed by atoms with van der Waals surface area (Å²) >= 11 is 0. The molecule has 3 heterocycles. The first-order chi connectivity index (χ1) is 14.8. The van der Waals surface area contributed by atoms with Crippen molar-refractivity contribution in [1.82, 2.24) is 14.8 Å². The largest absolute Gasteiger partial charge is 0.492 e. The molecular formula is C25H34Cl3N3O2. The van der Waals surface area contributed by atoms with Gasteiger partial charge in [0.25, 0.3) is 0 Å². The fourth-order valence-corrected chi connectivity index (χ4v) is 4.56. The van der Waals surface area contributed by atoms with Gasteiger partial charge < -0.3 is 9.47 Å². The molecule has 3 aromatic rings. The molecule has 0 bridgehead atoms. The van der Waals surface area contributed by atoms with E-state index < -0.39 is 0 Å². The molecule has 2 aliphatic heterocycles. The second kappa shape index (κ2) is 13.4. The molecule has 1 aromatic heterocycles. The molecule has 182 valence electrons. The van der Waals surface area contributed by atoms with Crippen LogP contribution < -0.4 is 9.47 Å². The van der Waals surface area contributed by atoms with Crippen molar-refractivity contribution in [3.63, 3.8) is 0 Å². The average molecular weight is 515 g/mol. The van der Waals surface area contributed by atoms with Crippen LogP contribution in [0.15, 0.2) is 42.5 Å². The topological polar surface area (TPSA) is 37.8 Å². The van der Waals surface area contributed by atoms with Crippen molar-refractivity contribution in [3.05, 3.63) is 42.5 Å². The Kier molecular flexibility index (Phi) is 11.3. The third-order valence-corrected chi connectivity index (χ3v) is 6.31. The third-order valence-electron chi connectivity index (χ3n) is 6.31. The Balaban J connectivity index is 0.00000128. The SMILES string of the molecule is Cl.Cl.Cl.c1cc2cc3ccc(OCCN4CCCC4)cc3nc2cc1OCCN1CCCC1. The van der Waals surface area contributed by atoms with Gasteiger partial charge in [-0.3, -0.25) is 9.80 Å². The quantitative estimate of drug-likeness (QED) is 0.366. The maximum atomic E-state index is 6.00. The zero-order chi connectivity index (χ0) is 20.2. The number of nitrogens with zero attached hydrogens (tertiary/aromatic N) is 3. The molecule has 0 N–H and O–H groups in total. The van der Waals surface area contributed by atoms with Crippen LogP contribution in [0.25, 0.3) is 21.8 Å². The second-order valence-electron chi connectivity index (χ2n) is 8.49. The Bertz CT molecular complexity index is 932. The van der Waals surface area contributed by atoms with Crippen LogP contribution >= 0.6 is 37.2 Å². The molecule has 2 aliphatic rings. The summed E-state index contributed by atoms with van der Waals surface area (Å²) in [7, 11) is 0. The number of aromatic nitrogens is 1. The minimum absolute atomic E-state index is 0. The van der Waals surface area contributed by atoms with Crippen LogP contribution in [-0.2, 0) is 0 Å². The molecule has 2 aromatic carbocycles. The lowest BCUT2D eigenvalue weighted by molar-refractivity contribution is 0.238. The molecule has 0 atom stereocenters. The van der Waals surface area contributed by atoms with Crippen molar-refractivity contribution in [2.24, 2.45) is 0 Å². The monoisotopic (exact) mass is 513 g/mol. The molecule has 0 amide bonds. The Hall–Kier alpha value is -1.50. The van der Waals surface area contributed by atoms with E-state index in [0.717, 1.165) is 59.6 Å². The lowest BCUT2D eigenvalue weighted by Gasteiger charge is -2.15. The van der Waals surface area contributed by atoms with Gasteiger partial charge in [0.1, 0.15) is 24.7 Å². The van der Waals surface area contributed by atoms with Gasteiger partial charge in [-0.1, -0.05) is 0 Å². The Morgan fingerprint density at radius 2 is 1.03 bits per heavy atom. The minimum atomic E-state index is 0. The van der Waals surface area contributed by atoms with Crippen LogP contribution in [-0.4, -0.2) is 67.3 Å². The van der Waals surface area contributed by atoms with Crippen LogP contribution in [0.3, 0.4) is 0 Å². The average Bonchev–Trinajstić information content (AvgIpc) is 3.47. The number of halogens is 3. The summed E-state index contributed by atoms with van der Waals surface area (Å²) in [6, 6.07) is 14.6. The van der Waals surface area contributed by atoms with Crippen LogP contribution in [0, 0.1) is 0 Å². The number of likely N-dealkylation sites (tertiary alicyclic amines) is 2. The fourth-order valence-electron chi connectivity index (χ4n) is 4.56. The summed E-state index contributed by atoms with van der Waals surface area (Å²) in [6.45, 7) is 8.28. The number of rotatable bonds is 8. The smallest absolute Gasteiger partial charge is 0.121 e. The maximum Gasteiger partial charge on any atom is 0.121 e. The molecule has 0 radical (unpaired) electrons. The molecule has 0 spiro atoms. The van der Waals surface area contributed by atoms with Gasteiger partial charge in [0.2, 0.25) is 0 Å². The van der Waals surface area contributed by atoms with Gasteiger partial charge in [-0.15, -0.1) is 37.2 Å². The van der Waals surface area contributed by atoms with E-state index in [9.17, 15) is 0 Å². The molecular weight excluding hydrogens is 481 g/mol. The van der Waals surface area contributed by atoms with Crippen molar-refractivity contribution < 1.29 is 9.47 Å². The maximum absolute atomic E-state index is 6.00. The standard InChI is InChI=1S/C25H31N3O2.3ClH/c1-2-10-27(9-1)13-15-29-22-7-5-20-17-21-6-8-23(19-25(21)26-24(20)18-22)30-16-14-28-11-3-4-12-28;;;/h5-8,17-19H,1-4,9-16H2;3*1H. The van der Waals surface area contributed by atoms with E-state index in [4.69, 9.17) is 14.5 Å². The van der Waals surface area contributed by atoms with Crippen molar-refractivity contribution in [1.29, 1.82) is 0 Å². The van der Waals surface area contributed by atoms with Crippen LogP contribution in [0.1, 0.15) is 25.7 Å². The van der Waals surface area contributed by atoms with E-state index in [1.165, 1.54) is 51.9 Å². The summed E-state index contributed by atoms with van der Waals surface area (Å²) in [5, 5.41) is 2.27.